The first-order valence-electron chi connectivity index (χ1n) is 17.0. The Balaban J connectivity index is 1.43. The molecule has 0 aromatic heterocycles. The molecule has 1 atom stereocenters. The van der Waals surface area contributed by atoms with Crippen LogP contribution in [0.4, 0.5) is 5.69 Å². The van der Waals surface area contributed by atoms with Gasteiger partial charge in [0.05, 0.1) is 7.11 Å². The number of benzene rings is 5. The maximum atomic E-state index is 7.60. The minimum absolute atomic E-state index is 0.105. The molecule has 1 aliphatic heterocycles. The molecule has 47 heavy (non-hydrogen) atoms. The highest BCUT2D eigenvalue weighted by Crippen LogP contribution is 2.66. The Morgan fingerprint density at radius 1 is 0.681 bits per heavy atom. The lowest BCUT2D eigenvalue weighted by molar-refractivity contribution is 0.0642. The summed E-state index contributed by atoms with van der Waals surface area (Å²) in [7, 11) is 5.87. The fourth-order valence-electron chi connectivity index (χ4n) is 9.93. The summed E-state index contributed by atoms with van der Waals surface area (Å²) >= 11 is 0. The summed E-state index contributed by atoms with van der Waals surface area (Å²) in [6.07, 6.45) is 8.15. The lowest BCUT2D eigenvalue weighted by atomic mass is 9.52. The zero-order valence-corrected chi connectivity index (χ0v) is 28.8. The summed E-state index contributed by atoms with van der Waals surface area (Å²) in [5, 5.41) is 2.43. The fourth-order valence-corrected chi connectivity index (χ4v) is 9.93. The van der Waals surface area contributed by atoms with Crippen molar-refractivity contribution in [3.05, 3.63) is 131 Å². The first-order chi connectivity index (χ1) is 22.5. The zero-order valence-electron chi connectivity index (χ0n) is 28.8. The Morgan fingerprint density at radius 3 is 1.91 bits per heavy atom. The third-order valence-corrected chi connectivity index (χ3v) is 11.0. The average Bonchev–Trinajstić information content (AvgIpc) is 3.32. The van der Waals surface area contributed by atoms with Gasteiger partial charge in [-0.25, -0.2) is 0 Å². The van der Waals surface area contributed by atoms with Crippen LogP contribution in [0.1, 0.15) is 74.8 Å². The van der Waals surface area contributed by atoms with Crippen LogP contribution in [-0.4, -0.2) is 21.2 Å². The summed E-state index contributed by atoms with van der Waals surface area (Å²) in [4.78, 5) is 2.14. The molecule has 0 radical (unpaired) electrons. The maximum Gasteiger partial charge on any atom is 0.178 e. The standard InChI is InChI=1S/C44H45NO2/c1-41(2)26-42(3,4)28-43(27-41)37-15-11-10-14-35(37)38-33-12-8-9-13-34(33)40-36(39(38)43)24-25-44(47-40,30-18-22-32(46-7)23-19-30)29-16-20-31(21-17-29)45(5)6/h8-25H,26-28H2,1-7H3. The number of hydrogen-bond donors (Lipinski definition) is 0. The second-order valence-electron chi connectivity index (χ2n) is 15.9. The van der Waals surface area contributed by atoms with Gasteiger partial charge in [-0.05, 0) is 88.1 Å². The molecule has 0 N–H and O–H groups in total. The van der Waals surface area contributed by atoms with Gasteiger partial charge in [-0.1, -0.05) is 107 Å². The molecule has 1 saturated carbocycles. The number of hydrogen-bond acceptors (Lipinski definition) is 3. The maximum absolute atomic E-state index is 7.60. The van der Waals surface area contributed by atoms with Crippen LogP contribution < -0.4 is 14.4 Å². The quantitative estimate of drug-likeness (QED) is 0.200. The third kappa shape index (κ3) is 4.46. The van der Waals surface area contributed by atoms with Crippen LogP contribution in [0.3, 0.4) is 0 Å². The third-order valence-electron chi connectivity index (χ3n) is 11.0. The lowest BCUT2D eigenvalue weighted by Crippen LogP contribution is -2.44. The molecule has 5 aromatic carbocycles. The van der Waals surface area contributed by atoms with E-state index < -0.39 is 5.60 Å². The highest BCUT2D eigenvalue weighted by atomic mass is 16.5. The Labute approximate surface area is 279 Å². The summed E-state index contributed by atoms with van der Waals surface area (Å²) < 4.78 is 13.2. The molecular weight excluding hydrogens is 574 g/mol. The SMILES string of the molecule is COc1ccc(C2(c3ccc(N(C)C)cc3)C=Cc3c4c(c5ccccc5c3O2)-c2ccccc2C42CC(C)(C)CC(C)(C)C2)cc1. The van der Waals surface area contributed by atoms with Crippen LogP contribution in [0.2, 0.25) is 0 Å². The van der Waals surface area contributed by atoms with Crippen LogP contribution in [0, 0.1) is 10.8 Å². The molecular formula is C44H45NO2. The predicted molar refractivity (Wildman–Crippen MR) is 196 cm³/mol. The van der Waals surface area contributed by atoms with Gasteiger partial charge in [-0.2, -0.15) is 0 Å². The van der Waals surface area contributed by atoms with Gasteiger partial charge in [0, 0.05) is 47.3 Å². The van der Waals surface area contributed by atoms with E-state index in [0.29, 0.717) is 0 Å². The zero-order chi connectivity index (χ0) is 32.8. The van der Waals surface area contributed by atoms with Crippen molar-refractivity contribution in [3.63, 3.8) is 0 Å². The average molecular weight is 620 g/mol. The molecule has 3 nitrogen and oxygen atoms in total. The van der Waals surface area contributed by atoms with Gasteiger partial charge < -0.3 is 14.4 Å². The molecule has 8 rings (SSSR count). The van der Waals surface area contributed by atoms with Crippen molar-refractivity contribution in [2.24, 2.45) is 10.8 Å². The van der Waals surface area contributed by atoms with Crippen molar-refractivity contribution in [1.82, 2.24) is 0 Å². The number of methoxy groups -OCH3 is 1. The Hall–Kier alpha value is -4.50. The summed E-state index contributed by atoms with van der Waals surface area (Å²) in [6, 6.07) is 35.3. The van der Waals surface area contributed by atoms with Crippen LogP contribution in [0.15, 0.2) is 103 Å². The van der Waals surface area contributed by atoms with Crippen LogP contribution in [-0.2, 0) is 11.0 Å². The molecule has 1 fully saturated rings. The lowest BCUT2D eigenvalue weighted by Gasteiger charge is -2.52. The Morgan fingerprint density at radius 2 is 1.28 bits per heavy atom. The van der Waals surface area contributed by atoms with E-state index in [9.17, 15) is 0 Å². The fraction of sp³-hybridized carbons (Fsp3) is 0.318. The van der Waals surface area contributed by atoms with E-state index in [0.717, 1.165) is 46.5 Å². The first kappa shape index (κ1) is 29.9. The highest BCUT2D eigenvalue weighted by Gasteiger charge is 2.55. The normalized spacial score (nSPS) is 21.1. The minimum Gasteiger partial charge on any atom is -0.497 e. The molecule has 3 heteroatoms. The van der Waals surface area contributed by atoms with Crippen molar-refractivity contribution < 1.29 is 9.47 Å². The van der Waals surface area contributed by atoms with Gasteiger partial charge in [0.1, 0.15) is 11.5 Å². The molecule has 238 valence electrons. The van der Waals surface area contributed by atoms with E-state index in [4.69, 9.17) is 9.47 Å². The van der Waals surface area contributed by atoms with E-state index >= 15 is 0 Å². The summed E-state index contributed by atoms with van der Waals surface area (Å²) in [6.45, 7) is 9.90. The monoisotopic (exact) mass is 619 g/mol. The Bertz CT molecular complexity index is 2030. The molecule has 1 unspecified atom stereocenters. The number of ether oxygens (including phenoxy) is 2. The smallest absolute Gasteiger partial charge is 0.178 e. The van der Waals surface area contributed by atoms with Crippen molar-refractivity contribution in [2.75, 3.05) is 26.1 Å². The molecule has 5 aromatic rings. The van der Waals surface area contributed by atoms with Gasteiger partial charge in [-0.15, -0.1) is 0 Å². The van der Waals surface area contributed by atoms with E-state index in [2.05, 4.69) is 144 Å². The van der Waals surface area contributed by atoms with Gasteiger partial charge in [0.2, 0.25) is 0 Å². The summed E-state index contributed by atoms with van der Waals surface area (Å²) in [5.41, 5.74) is 9.73. The minimum atomic E-state index is -0.815. The molecule has 1 spiro atoms. The van der Waals surface area contributed by atoms with Crippen LogP contribution >= 0.6 is 0 Å². The van der Waals surface area contributed by atoms with Crippen LogP contribution in [0.5, 0.6) is 11.5 Å². The van der Waals surface area contributed by atoms with Crippen LogP contribution in [0.25, 0.3) is 28.0 Å². The van der Waals surface area contributed by atoms with E-state index in [-0.39, 0.29) is 16.2 Å². The second kappa shape index (κ2) is 10.2. The van der Waals surface area contributed by atoms with Crippen molar-refractivity contribution in [3.8, 4) is 22.6 Å². The number of rotatable bonds is 4. The molecule has 0 saturated heterocycles. The van der Waals surface area contributed by atoms with Crippen molar-refractivity contribution in [2.45, 2.75) is 58.0 Å². The van der Waals surface area contributed by atoms with E-state index in [1.54, 1.807) is 7.11 Å². The van der Waals surface area contributed by atoms with Crippen molar-refractivity contribution in [1.29, 1.82) is 0 Å². The van der Waals surface area contributed by atoms with Gasteiger partial charge in [0.15, 0.2) is 5.60 Å². The number of anilines is 1. The van der Waals surface area contributed by atoms with Gasteiger partial charge in [0.25, 0.3) is 0 Å². The summed E-state index contributed by atoms with van der Waals surface area (Å²) in [5.74, 6) is 1.81. The van der Waals surface area contributed by atoms with E-state index in [1.807, 2.05) is 12.1 Å². The molecule has 0 bridgehead atoms. The molecule has 3 aliphatic rings. The predicted octanol–water partition coefficient (Wildman–Crippen LogP) is 10.8. The largest absolute Gasteiger partial charge is 0.497 e. The molecule has 2 aliphatic carbocycles. The number of fused-ring (bicyclic) bond motifs is 10. The first-order valence-corrected chi connectivity index (χ1v) is 17.0. The van der Waals surface area contributed by atoms with Gasteiger partial charge >= 0.3 is 0 Å². The highest BCUT2D eigenvalue weighted by molar-refractivity contribution is 6.08. The Kier molecular flexibility index (Phi) is 6.51. The topological polar surface area (TPSA) is 21.7 Å². The van der Waals surface area contributed by atoms with E-state index in [1.165, 1.54) is 39.6 Å². The molecule has 0 amide bonds. The van der Waals surface area contributed by atoms with Crippen molar-refractivity contribution >= 4 is 22.5 Å². The second-order valence-corrected chi connectivity index (χ2v) is 15.9. The number of nitrogens with zero attached hydrogens (tertiary/aromatic N) is 1. The van der Waals surface area contributed by atoms with Gasteiger partial charge in [-0.3, -0.25) is 0 Å². The molecule has 1 heterocycles.